The highest BCUT2D eigenvalue weighted by Gasteiger charge is 2.41. The van der Waals surface area contributed by atoms with Crippen molar-refractivity contribution in [3.05, 3.63) is 69.8 Å². The molecule has 5 rings (SSSR count). The molecule has 1 aromatic heterocycles. The van der Waals surface area contributed by atoms with E-state index in [2.05, 4.69) is 67.7 Å². The predicted molar refractivity (Wildman–Crippen MR) is 153 cm³/mol. The lowest BCUT2D eigenvalue weighted by Gasteiger charge is -2.38. The van der Waals surface area contributed by atoms with Crippen molar-refractivity contribution in [2.24, 2.45) is 7.05 Å². The van der Waals surface area contributed by atoms with Gasteiger partial charge >= 0.3 is 0 Å². The summed E-state index contributed by atoms with van der Waals surface area (Å²) in [6.45, 7) is 13.0. The molecule has 0 fully saturated rings. The molecule has 196 valence electrons. The Labute approximate surface area is 225 Å². The Morgan fingerprint density at radius 3 is 2.62 bits per heavy atom. The van der Waals surface area contributed by atoms with Crippen LogP contribution < -0.4 is 10.6 Å². The fourth-order valence-corrected chi connectivity index (χ4v) is 6.78. The van der Waals surface area contributed by atoms with E-state index in [4.69, 9.17) is 16.0 Å². The van der Waals surface area contributed by atoms with Gasteiger partial charge in [0.1, 0.15) is 0 Å². The Morgan fingerprint density at radius 1 is 1.16 bits per heavy atom. The Hall–Kier alpha value is -2.45. The van der Waals surface area contributed by atoms with Crippen LogP contribution in [-0.2, 0) is 30.9 Å². The van der Waals surface area contributed by atoms with Crippen LogP contribution in [0.25, 0.3) is 11.1 Å². The quantitative estimate of drug-likeness (QED) is 0.358. The number of anilines is 1. The number of carbonyl (C=O) groups excluding carboxylic acids is 1. The van der Waals surface area contributed by atoms with Crippen LogP contribution in [0, 0.1) is 0 Å². The molecule has 2 N–H and O–H groups in total. The van der Waals surface area contributed by atoms with Gasteiger partial charge in [0.2, 0.25) is 0 Å². The SMILES string of the molecule is Cn1c(C(=O)Nc2cccc(-c3cccc4c3CCC4O[Si](C)(C)C(C)(C)C)c2Cl)nc2c1CCNC2. The van der Waals surface area contributed by atoms with E-state index in [0.717, 1.165) is 48.3 Å². The van der Waals surface area contributed by atoms with Crippen molar-refractivity contribution in [2.45, 2.75) is 70.8 Å². The smallest absolute Gasteiger partial charge is 0.291 e. The summed E-state index contributed by atoms with van der Waals surface area (Å²) >= 11 is 6.94. The van der Waals surface area contributed by atoms with Crippen LogP contribution in [-0.4, -0.2) is 30.3 Å². The number of rotatable bonds is 5. The maximum Gasteiger partial charge on any atom is 0.291 e. The number of halogens is 1. The third-order valence-electron chi connectivity index (χ3n) is 8.33. The Kier molecular flexibility index (Phi) is 6.86. The monoisotopic (exact) mass is 536 g/mol. The highest BCUT2D eigenvalue weighted by Crippen LogP contribution is 2.46. The average Bonchev–Trinajstić information content (AvgIpc) is 3.40. The molecule has 3 aromatic rings. The molecule has 0 radical (unpaired) electrons. The lowest BCUT2D eigenvalue weighted by Crippen LogP contribution is -2.41. The van der Waals surface area contributed by atoms with E-state index in [1.165, 1.54) is 11.1 Å². The van der Waals surface area contributed by atoms with Gasteiger partial charge in [0, 0.05) is 37.8 Å². The van der Waals surface area contributed by atoms with Crippen LogP contribution in [0.3, 0.4) is 0 Å². The Bertz CT molecular complexity index is 1360. The first-order valence-corrected chi connectivity index (χ1v) is 16.4. The van der Waals surface area contributed by atoms with Gasteiger partial charge < -0.3 is 19.6 Å². The van der Waals surface area contributed by atoms with E-state index < -0.39 is 8.32 Å². The second kappa shape index (κ2) is 9.69. The van der Waals surface area contributed by atoms with E-state index in [1.54, 1.807) is 0 Å². The summed E-state index contributed by atoms with van der Waals surface area (Å²) in [5.41, 5.74) is 7.23. The highest BCUT2D eigenvalue weighted by atomic mass is 35.5. The molecule has 1 aliphatic heterocycles. The lowest BCUT2D eigenvalue weighted by molar-refractivity contribution is 0.101. The van der Waals surface area contributed by atoms with Crippen molar-refractivity contribution >= 4 is 31.5 Å². The third kappa shape index (κ3) is 4.78. The highest BCUT2D eigenvalue weighted by molar-refractivity contribution is 6.74. The van der Waals surface area contributed by atoms with Crippen LogP contribution in [0.5, 0.6) is 0 Å². The summed E-state index contributed by atoms with van der Waals surface area (Å²) in [5, 5.41) is 7.03. The summed E-state index contributed by atoms with van der Waals surface area (Å²) in [4.78, 5) is 17.8. The normalized spacial score (nSPS) is 17.4. The summed E-state index contributed by atoms with van der Waals surface area (Å²) in [6, 6.07) is 12.2. The number of aromatic nitrogens is 2. The maximum absolute atomic E-state index is 13.2. The van der Waals surface area contributed by atoms with Crippen LogP contribution in [0.4, 0.5) is 5.69 Å². The lowest BCUT2D eigenvalue weighted by atomic mass is 9.96. The minimum Gasteiger partial charge on any atom is -0.410 e. The summed E-state index contributed by atoms with van der Waals surface area (Å²) in [5.74, 6) is 0.151. The van der Waals surface area contributed by atoms with Crippen molar-refractivity contribution in [3.63, 3.8) is 0 Å². The molecule has 8 heteroatoms. The molecule has 37 heavy (non-hydrogen) atoms. The van der Waals surface area contributed by atoms with Crippen molar-refractivity contribution in [1.82, 2.24) is 14.9 Å². The molecule has 2 heterocycles. The fraction of sp³-hybridized carbons (Fsp3) is 0.448. The number of benzene rings is 2. The molecule has 2 aliphatic rings. The minimum absolute atomic E-state index is 0.112. The zero-order valence-electron chi connectivity index (χ0n) is 22.7. The third-order valence-corrected chi connectivity index (χ3v) is 13.2. The number of fused-ring (bicyclic) bond motifs is 2. The molecule has 6 nitrogen and oxygen atoms in total. The topological polar surface area (TPSA) is 68.2 Å². The molecule has 1 aliphatic carbocycles. The van der Waals surface area contributed by atoms with E-state index in [-0.39, 0.29) is 17.0 Å². The predicted octanol–water partition coefficient (Wildman–Crippen LogP) is 6.65. The second-order valence-electron chi connectivity index (χ2n) is 11.7. The fourth-order valence-electron chi connectivity index (χ4n) is 5.20. The number of nitrogens with one attached hydrogen (secondary N) is 2. The van der Waals surface area contributed by atoms with Gasteiger partial charge in [-0.15, -0.1) is 0 Å². The first kappa shape index (κ1) is 26.2. The standard InChI is InChI=1S/C29H37ClN4O2Si/c1-29(2,3)37(5,6)36-25-14-13-19-18(9-7-10-20(19)25)21-11-8-12-22(26(21)30)33-28(35)27-32-23-17-31-16-15-24(23)34(27)4/h7-12,25,31H,13-17H2,1-6H3,(H,33,35). The van der Waals surface area contributed by atoms with E-state index in [1.807, 2.05) is 29.8 Å². The molecule has 1 atom stereocenters. The molecule has 0 saturated heterocycles. The molecule has 0 bridgehead atoms. The van der Waals surface area contributed by atoms with Crippen molar-refractivity contribution in [1.29, 1.82) is 0 Å². The number of carbonyl (C=O) groups is 1. The van der Waals surface area contributed by atoms with Gasteiger partial charge in [0.05, 0.1) is 22.5 Å². The van der Waals surface area contributed by atoms with Gasteiger partial charge in [-0.1, -0.05) is 62.7 Å². The molecule has 0 saturated carbocycles. The van der Waals surface area contributed by atoms with Crippen LogP contribution >= 0.6 is 11.6 Å². The van der Waals surface area contributed by atoms with Gasteiger partial charge in [-0.05, 0) is 53.7 Å². The molecule has 2 aromatic carbocycles. The van der Waals surface area contributed by atoms with E-state index >= 15 is 0 Å². The number of hydrogen-bond acceptors (Lipinski definition) is 4. The van der Waals surface area contributed by atoms with Gasteiger partial charge in [-0.2, -0.15) is 0 Å². The van der Waals surface area contributed by atoms with Crippen LogP contribution in [0.15, 0.2) is 36.4 Å². The molecule has 1 amide bonds. The first-order valence-electron chi connectivity index (χ1n) is 13.1. The van der Waals surface area contributed by atoms with Crippen LogP contribution in [0.1, 0.15) is 66.4 Å². The number of amides is 1. The number of hydrogen-bond donors (Lipinski definition) is 2. The van der Waals surface area contributed by atoms with Gasteiger partial charge in [-0.3, -0.25) is 4.79 Å². The second-order valence-corrected chi connectivity index (χ2v) is 16.8. The molecule has 0 spiro atoms. The van der Waals surface area contributed by atoms with E-state index in [0.29, 0.717) is 23.1 Å². The Balaban J connectivity index is 1.43. The molecular formula is C29H37ClN4O2Si. The van der Waals surface area contributed by atoms with Crippen molar-refractivity contribution in [3.8, 4) is 11.1 Å². The Morgan fingerprint density at radius 2 is 1.89 bits per heavy atom. The summed E-state index contributed by atoms with van der Waals surface area (Å²) in [6.07, 6.45) is 2.90. The minimum atomic E-state index is -1.90. The zero-order chi connectivity index (χ0) is 26.5. The molecular weight excluding hydrogens is 500 g/mol. The van der Waals surface area contributed by atoms with E-state index in [9.17, 15) is 4.79 Å². The van der Waals surface area contributed by atoms with Gasteiger partial charge in [-0.25, -0.2) is 4.98 Å². The largest absolute Gasteiger partial charge is 0.410 e. The van der Waals surface area contributed by atoms with Gasteiger partial charge in [0.25, 0.3) is 5.91 Å². The number of imidazole rings is 1. The average molecular weight is 537 g/mol. The zero-order valence-corrected chi connectivity index (χ0v) is 24.4. The molecule has 1 unspecified atom stereocenters. The number of nitrogens with zero attached hydrogens (tertiary/aromatic N) is 2. The summed E-state index contributed by atoms with van der Waals surface area (Å²) in [7, 11) is 0.00257. The van der Waals surface area contributed by atoms with Crippen LogP contribution in [0.2, 0.25) is 23.2 Å². The van der Waals surface area contributed by atoms with Crippen molar-refractivity contribution in [2.75, 3.05) is 11.9 Å². The maximum atomic E-state index is 13.2. The van der Waals surface area contributed by atoms with Crippen molar-refractivity contribution < 1.29 is 9.22 Å². The summed E-state index contributed by atoms with van der Waals surface area (Å²) < 4.78 is 8.72. The van der Waals surface area contributed by atoms with Gasteiger partial charge in [0.15, 0.2) is 14.1 Å². The first-order chi connectivity index (χ1) is 17.5.